The molecule has 4 rings (SSSR count). The quantitative estimate of drug-likeness (QED) is 0.341. The minimum atomic E-state index is -0.666. The van der Waals surface area contributed by atoms with Crippen LogP contribution in [-0.4, -0.2) is 37.0 Å². The monoisotopic (exact) mass is 544 g/mol. The molecule has 1 atom stereocenters. The molecule has 3 aromatic carbocycles. The summed E-state index contributed by atoms with van der Waals surface area (Å²) in [7, 11) is 3.15. The summed E-state index contributed by atoms with van der Waals surface area (Å²) in [4.78, 5) is 31.1. The van der Waals surface area contributed by atoms with E-state index in [1.807, 2.05) is 81.4 Å². The van der Waals surface area contributed by atoms with Gasteiger partial charge < -0.3 is 25.4 Å². The van der Waals surface area contributed by atoms with Gasteiger partial charge in [0.05, 0.1) is 25.5 Å². The largest absolute Gasteiger partial charge is 0.497 e. The second-order valence-corrected chi connectivity index (χ2v) is 10.0. The first kappa shape index (κ1) is 27.8. The van der Waals surface area contributed by atoms with Crippen molar-refractivity contribution in [1.82, 2.24) is 5.32 Å². The molecule has 1 heterocycles. The molecule has 39 heavy (non-hydrogen) atoms. The molecule has 0 saturated heterocycles. The van der Waals surface area contributed by atoms with Gasteiger partial charge in [-0.3, -0.25) is 9.59 Å². The maximum absolute atomic E-state index is 13.5. The van der Waals surface area contributed by atoms with Gasteiger partial charge in [-0.1, -0.05) is 47.7 Å². The van der Waals surface area contributed by atoms with Crippen LogP contribution < -0.4 is 25.4 Å². The third kappa shape index (κ3) is 6.80. The Kier molecular flexibility index (Phi) is 8.93. The number of aliphatic imine (C=N–C) groups is 1. The Balaban J connectivity index is 1.60. The van der Waals surface area contributed by atoms with Crippen LogP contribution >= 0.6 is 11.8 Å². The van der Waals surface area contributed by atoms with Crippen LogP contribution in [0.4, 0.5) is 11.4 Å². The number of carbonyl (C=O) groups is 2. The molecule has 0 aliphatic carbocycles. The van der Waals surface area contributed by atoms with Gasteiger partial charge in [-0.05, 0) is 56.7 Å². The van der Waals surface area contributed by atoms with Crippen LogP contribution in [0.2, 0.25) is 0 Å². The Labute approximate surface area is 232 Å². The SMILES string of the molecule is COc1ccc([C@@H]2N=C(SCC(=O)Nc3ccc(C)cc3C)NC(C)=C2C(=O)Nc2ccccc2)c(OC)c1. The number of benzene rings is 3. The lowest BCUT2D eigenvalue weighted by Crippen LogP contribution is -2.33. The van der Waals surface area contributed by atoms with Crippen molar-refractivity contribution < 1.29 is 19.1 Å². The topological polar surface area (TPSA) is 101 Å². The first-order chi connectivity index (χ1) is 18.8. The van der Waals surface area contributed by atoms with Crippen molar-refractivity contribution >= 4 is 40.1 Å². The van der Waals surface area contributed by atoms with E-state index in [0.717, 1.165) is 16.8 Å². The number of hydrogen-bond donors (Lipinski definition) is 3. The van der Waals surface area contributed by atoms with Crippen LogP contribution in [0.15, 0.2) is 83.0 Å². The molecule has 1 aliphatic heterocycles. The maximum Gasteiger partial charge on any atom is 0.255 e. The highest BCUT2D eigenvalue weighted by Gasteiger charge is 2.32. The van der Waals surface area contributed by atoms with Crippen molar-refractivity contribution in [3.63, 3.8) is 0 Å². The van der Waals surface area contributed by atoms with Gasteiger partial charge in [0.25, 0.3) is 5.91 Å². The van der Waals surface area contributed by atoms with E-state index in [9.17, 15) is 9.59 Å². The number of nitrogens with zero attached hydrogens (tertiary/aromatic N) is 1. The predicted molar refractivity (Wildman–Crippen MR) is 158 cm³/mol. The fraction of sp³-hybridized carbons (Fsp3) is 0.233. The van der Waals surface area contributed by atoms with E-state index in [-0.39, 0.29) is 17.6 Å². The standard InChI is InChI=1S/C30H32N4O4S/c1-18-11-14-24(19(2)15-18)33-26(35)17-39-30-31-20(3)27(29(36)32-21-9-7-6-8-10-21)28(34-30)23-13-12-22(37-4)16-25(23)38-5/h6-16,28H,17H2,1-5H3,(H,31,34)(H,32,36)(H,33,35)/t28-/m0/s1. The molecule has 0 bridgehead atoms. The number of anilines is 2. The van der Waals surface area contributed by atoms with Crippen LogP contribution in [0.3, 0.4) is 0 Å². The number of aryl methyl sites for hydroxylation is 2. The number of methoxy groups -OCH3 is 2. The molecule has 0 spiro atoms. The Hall–Kier alpha value is -4.24. The second-order valence-electron chi connectivity index (χ2n) is 9.08. The van der Waals surface area contributed by atoms with Gasteiger partial charge in [-0.15, -0.1) is 0 Å². The van der Waals surface area contributed by atoms with Crippen LogP contribution in [0, 0.1) is 13.8 Å². The fourth-order valence-electron chi connectivity index (χ4n) is 4.28. The molecule has 0 saturated carbocycles. The van der Waals surface area contributed by atoms with E-state index < -0.39 is 6.04 Å². The number of amides is 2. The predicted octanol–water partition coefficient (Wildman–Crippen LogP) is 5.61. The van der Waals surface area contributed by atoms with Crippen molar-refractivity contribution in [2.45, 2.75) is 26.8 Å². The zero-order valence-corrected chi connectivity index (χ0v) is 23.4. The molecular formula is C30H32N4O4S. The van der Waals surface area contributed by atoms with Gasteiger partial charge in [-0.2, -0.15) is 0 Å². The fourth-order valence-corrected chi connectivity index (χ4v) is 5.02. The van der Waals surface area contributed by atoms with Gasteiger partial charge in [0.15, 0.2) is 5.17 Å². The van der Waals surface area contributed by atoms with E-state index >= 15 is 0 Å². The molecule has 9 heteroatoms. The third-order valence-electron chi connectivity index (χ3n) is 6.23. The molecule has 202 valence electrons. The van der Waals surface area contributed by atoms with Crippen LogP contribution in [0.1, 0.15) is 29.7 Å². The van der Waals surface area contributed by atoms with E-state index in [1.165, 1.54) is 11.8 Å². The molecule has 0 fully saturated rings. The van der Waals surface area contributed by atoms with E-state index in [2.05, 4.69) is 16.0 Å². The zero-order chi connectivity index (χ0) is 27.9. The average molecular weight is 545 g/mol. The lowest BCUT2D eigenvalue weighted by molar-refractivity contribution is -0.114. The zero-order valence-electron chi connectivity index (χ0n) is 22.6. The number of para-hydroxylation sites is 1. The normalized spacial score (nSPS) is 14.7. The van der Waals surface area contributed by atoms with Gasteiger partial charge in [0, 0.05) is 28.7 Å². The van der Waals surface area contributed by atoms with E-state index in [0.29, 0.717) is 39.2 Å². The highest BCUT2D eigenvalue weighted by Crippen LogP contribution is 2.39. The molecule has 3 aromatic rings. The van der Waals surface area contributed by atoms with Crippen LogP contribution in [0.5, 0.6) is 11.5 Å². The summed E-state index contributed by atoms with van der Waals surface area (Å²) in [6.07, 6.45) is 0. The number of allylic oxidation sites excluding steroid dienone is 1. The van der Waals surface area contributed by atoms with Crippen molar-refractivity contribution in [3.05, 3.63) is 94.7 Å². The molecule has 2 amide bonds. The van der Waals surface area contributed by atoms with Crippen molar-refractivity contribution in [2.75, 3.05) is 30.6 Å². The van der Waals surface area contributed by atoms with Crippen LogP contribution in [-0.2, 0) is 9.59 Å². The molecular weight excluding hydrogens is 512 g/mol. The molecule has 8 nitrogen and oxygen atoms in total. The van der Waals surface area contributed by atoms with Gasteiger partial charge in [0.2, 0.25) is 5.91 Å². The summed E-state index contributed by atoms with van der Waals surface area (Å²) >= 11 is 1.27. The number of hydrogen-bond acceptors (Lipinski definition) is 7. The summed E-state index contributed by atoms with van der Waals surface area (Å²) in [6, 6.07) is 19.9. The van der Waals surface area contributed by atoms with Crippen LogP contribution in [0.25, 0.3) is 0 Å². The Morgan fingerprint density at radius 3 is 2.41 bits per heavy atom. The average Bonchev–Trinajstić information content (AvgIpc) is 2.93. The summed E-state index contributed by atoms with van der Waals surface area (Å²) in [5.74, 6) is 0.880. The Morgan fingerprint density at radius 2 is 1.72 bits per heavy atom. The van der Waals surface area contributed by atoms with E-state index in [1.54, 1.807) is 20.3 Å². The molecule has 3 N–H and O–H groups in total. The number of nitrogens with one attached hydrogen (secondary N) is 3. The number of ether oxygens (including phenoxy) is 2. The minimum absolute atomic E-state index is 0.143. The first-order valence-electron chi connectivity index (χ1n) is 12.4. The summed E-state index contributed by atoms with van der Waals surface area (Å²) in [5, 5.41) is 9.67. The highest BCUT2D eigenvalue weighted by atomic mass is 32.2. The first-order valence-corrected chi connectivity index (χ1v) is 13.4. The maximum atomic E-state index is 13.5. The van der Waals surface area contributed by atoms with E-state index in [4.69, 9.17) is 14.5 Å². The minimum Gasteiger partial charge on any atom is -0.497 e. The molecule has 1 aliphatic rings. The molecule has 0 aromatic heterocycles. The van der Waals surface area contributed by atoms with Gasteiger partial charge >= 0.3 is 0 Å². The lowest BCUT2D eigenvalue weighted by Gasteiger charge is -2.27. The molecule has 0 radical (unpaired) electrons. The van der Waals surface area contributed by atoms with Crippen molar-refractivity contribution in [1.29, 1.82) is 0 Å². The summed E-state index contributed by atoms with van der Waals surface area (Å²) in [6.45, 7) is 5.80. The second kappa shape index (κ2) is 12.5. The van der Waals surface area contributed by atoms with Gasteiger partial charge in [0.1, 0.15) is 17.5 Å². The summed E-state index contributed by atoms with van der Waals surface area (Å²) < 4.78 is 11.0. The van der Waals surface area contributed by atoms with Crippen molar-refractivity contribution in [2.24, 2.45) is 4.99 Å². The number of thioether (sulfide) groups is 1. The summed E-state index contributed by atoms with van der Waals surface area (Å²) in [5.41, 5.74) is 5.38. The number of rotatable bonds is 8. The molecule has 0 unspecified atom stereocenters. The number of amidine groups is 1. The number of carbonyl (C=O) groups excluding carboxylic acids is 2. The third-order valence-corrected chi connectivity index (χ3v) is 7.11. The highest BCUT2D eigenvalue weighted by molar-refractivity contribution is 8.14. The smallest absolute Gasteiger partial charge is 0.255 e. The Morgan fingerprint density at radius 1 is 0.949 bits per heavy atom. The Bertz CT molecular complexity index is 1440. The van der Waals surface area contributed by atoms with Gasteiger partial charge in [-0.25, -0.2) is 4.99 Å². The lowest BCUT2D eigenvalue weighted by atomic mass is 9.95. The van der Waals surface area contributed by atoms with Crippen molar-refractivity contribution in [3.8, 4) is 11.5 Å².